The summed E-state index contributed by atoms with van der Waals surface area (Å²) in [5.74, 6) is 0.749. The van der Waals surface area contributed by atoms with E-state index in [0.29, 0.717) is 42.7 Å². The number of carbonyl (C=O) groups excluding carboxylic acids is 1. The van der Waals surface area contributed by atoms with Crippen molar-refractivity contribution in [1.29, 1.82) is 0 Å². The zero-order valence-electron chi connectivity index (χ0n) is 16.8. The molecule has 4 rings (SSSR count). The van der Waals surface area contributed by atoms with Gasteiger partial charge in [-0.2, -0.15) is 9.90 Å². The second-order valence-corrected chi connectivity index (χ2v) is 7.70. The first-order chi connectivity index (χ1) is 13.9. The third-order valence-corrected chi connectivity index (χ3v) is 5.35. The number of amides is 1. The molecular formula is C21H23ClN6O. The van der Waals surface area contributed by atoms with Crippen molar-refractivity contribution in [3.8, 4) is 5.69 Å². The number of pyridine rings is 1. The van der Waals surface area contributed by atoms with Crippen LogP contribution in [0, 0.1) is 20.8 Å². The summed E-state index contributed by atoms with van der Waals surface area (Å²) >= 11 is 5.99. The Morgan fingerprint density at radius 1 is 1.00 bits per heavy atom. The third kappa shape index (κ3) is 3.96. The van der Waals surface area contributed by atoms with Crippen molar-refractivity contribution in [3.05, 3.63) is 64.1 Å². The largest absolute Gasteiger partial charge is 0.353 e. The van der Waals surface area contributed by atoms with Gasteiger partial charge in [-0.15, -0.1) is 5.10 Å². The number of aryl methyl sites for hydroxylation is 3. The lowest BCUT2D eigenvalue weighted by Gasteiger charge is -2.35. The number of carbonyl (C=O) groups is 1. The minimum Gasteiger partial charge on any atom is -0.353 e. The molecule has 3 aromatic rings. The van der Waals surface area contributed by atoms with Crippen molar-refractivity contribution >= 4 is 23.3 Å². The van der Waals surface area contributed by atoms with Gasteiger partial charge in [-0.25, -0.2) is 4.98 Å². The van der Waals surface area contributed by atoms with Gasteiger partial charge >= 0.3 is 0 Å². The van der Waals surface area contributed by atoms with Gasteiger partial charge in [0.2, 0.25) is 0 Å². The van der Waals surface area contributed by atoms with Crippen molar-refractivity contribution in [2.75, 3.05) is 31.1 Å². The lowest BCUT2D eigenvalue weighted by molar-refractivity contribution is 0.0739. The van der Waals surface area contributed by atoms with Gasteiger partial charge in [-0.05, 0) is 44.5 Å². The molecule has 0 aliphatic carbocycles. The molecule has 1 amide bonds. The maximum absolute atomic E-state index is 13.1. The highest BCUT2D eigenvalue weighted by molar-refractivity contribution is 6.29. The standard InChI is InChI=1S/C21H23ClN6O/c1-14-7-8-17(15(2)13-14)28-24-16(3)20(25-28)21(29)27-11-9-26(10-12-27)19-6-4-5-18(22)23-19/h4-8,13H,9-12H2,1-3H3. The molecule has 2 aromatic heterocycles. The van der Waals surface area contributed by atoms with Gasteiger partial charge in [0.05, 0.1) is 11.4 Å². The summed E-state index contributed by atoms with van der Waals surface area (Å²) in [4.78, 5) is 22.9. The monoisotopic (exact) mass is 410 g/mol. The molecular weight excluding hydrogens is 388 g/mol. The Labute approximate surface area is 174 Å². The fraction of sp³-hybridized carbons (Fsp3) is 0.333. The smallest absolute Gasteiger partial charge is 0.276 e. The Bertz CT molecular complexity index is 1060. The van der Waals surface area contributed by atoms with E-state index in [1.165, 1.54) is 5.56 Å². The lowest BCUT2D eigenvalue weighted by atomic mass is 10.1. The number of nitrogens with zero attached hydrogens (tertiary/aromatic N) is 6. The summed E-state index contributed by atoms with van der Waals surface area (Å²) in [6.07, 6.45) is 0. The second kappa shape index (κ2) is 7.83. The van der Waals surface area contributed by atoms with Crippen molar-refractivity contribution in [2.45, 2.75) is 20.8 Å². The molecule has 8 heteroatoms. The number of halogens is 1. The molecule has 1 aromatic carbocycles. The fourth-order valence-electron chi connectivity index (χ4n) is 3.58. The van der Waals surface area contributed by atoms with Gasteiger partial charge in [-0.3, -0.25) is 4.79 Å². The molecule has 1 fully saturated rings. The zero-order chi connectivity index (χ0) is 20.5. The maximum Gasteiger partial charge on any atom is 0.276 e. The second-order valence-electron chi connectivity index (χ2n) is 7.31. The molecule has 7 nitrogen and oxygen atoms in total. The summed E-state index contributed by atoms with van der Waals surface area (Å²) in [5, 5.41) is 9.46. The molecule has 1 saturated heterocycles. The van der Waals surface area contributed by atoms with Crippen molar-refractivity contribution < 1.29 is 4.79 Å². The molecule has 0 spiro atoms. The topological polar surface area (TPSA) is 67.2 Å². The van der Waals surface area contributed by atoms with E-state index in [0.717, 1.165) is 17.1 Å². The normalized spacial score (nSPS) is 14.3. The molecule has 1 aliphatic rings. The van der Waals surface area contributed by atoms with E-state index in [9.17, 15) is 4.79 Å². The first-order valence-corrected chi connectivity index (χ1v) is 9.98. The van der Waals surface area contributed by atoms with Crippen LogP contribution >= 0.6 is 11.6 Å². The number of benzene rings is 1. The number of rotatable bonds is 3. The van der Waals surface area contributed by atoms with Crippen LogP contribution in [0.2, 0.25) is 5.15 Å². The summed E-state index contributed by atoms with van der Waals surface area (Å²) in [6, 6.07) is 11.7. The molecule has 1 aliphatic heterocycles. The number of anilines is 1. The van der Waals surface area contributed by atoms with E-state index in [-0.39, 0.29) is 5.91 Å². The summed E-state index contributed by atoms with van der Waals surface area (Å²) in [6.45, 7) is 8.49. The molecule has 0 atom stereocenters. The van der Waals surface area contributed by atoms with E-state index in [2.05, 4.69) is 26.1 Å². The molecule has 29 heavy (non-hydrogen) atoms. The highest BCUT2D eigenvalue weighted by Gasteiger charge is 2.27. The van der Waals surface area contributed by atoms with E-state index >= 15 is 0 Å². The molecule has 0 N–H and O–H groups in total. The molecule has 3 heterocycles. The molecule has 150 valence electrons. The highest BCUT2D eigenvalue weighted by atomic mass is 35.5. The van der Waals surface area contributed by atoms with E-state index in [1.807, 2.05) is 49.9 Å². The average Bonchev–Trinajstić information content (AvgIpc) is 3.09. The van der Waals surface area contributed by atoms with Gasteiger partial charge in [-0.1, -0.05) is 35.4 Å². The van der Waals surface area contributed by atoms with Gasteiger partial charge in [0.15, 0.2) is 5.69 Å². The zero-order valence-corrected chi connectivity index (χ0v) is 17.5. The van der Waals surface area contributed by atoms with Crippen LogP contribution in [-0.2, 0) is 0 Å². The third-order valence-electron chi connectivity index (χ3n) is 5.14. The first-order valence-electron chi connectivity index (χ1n) is 9.61. The Morgan fingerprint density at radius 3 is 2.45 bits per heavy atom. The van der Waals surface area contributed by atoms with Crippen LogP contribution in [-0.4, -0.2) is 57.0 Å². The summed E-state index contributed by atoms with van der Waals surface area (Å²) < 4.78 is 0. The van der Waals surface area contributed by atoms with Gasteiger partial charge in [0, 0.05) is 26.2 Å². The summed E-state index contributed by atoms with van der Waals surface area (Å²) in [7, 11) is 0. The molecule has 0 saturated carbocycles. The van der Waals surface area contributed by atoms with Crippen LogP contribution < -0.4 is 4.90 Å². The minimum absolute atomic E-state index is 0.0859. The minimum atomic E-state index is -0.0859. The predicted octanol–water partition coefficient (Wildman–Crippen LogP) is 3.20. The fourth-order valence-corrected chi connectivity index (χ4v) is 3.74. The van der Waals surface area contributed by atoms with Crippen LogP contribution in [0.4, 0.5) is 5.82 Å². The number of piperazine rings is 1. The van der Waals surface area contributed by atoms with Crippen LogP contribution in [0.15, 0.2) is 36.4 Å². The summed E-state index contributed by atoms with van der Waals surface area (Å²) in [5.41, 5.74) is 4.17. The first kappa shape index (κ1) is 19.4. The average molecular weight is 411 g/mol. The number of aromatic nitrogens is 4. The Morgan fingerprint density at radius 2 is 1.76 bits per heavy atom. The van der Waals surface area contributed by atoms with Crippen LogP contribution in [0.1, 0.15) is 27.3 Å². The van der Waals surface area contributed by atoms with Crippen molar-refractivity contribution in [2.24, 2.45) is 0 Å². The molecule has 0 unspecified atom stereocenters. The molecule has 0 radical (unpaired) electrons. The predicted molar refractivity (Wildman–Crippen MR) is 113 cm³/mol. The van der Waals surface area contributed by atoms with Crippen LogP contribution in [0.3, 0.4) is 0 Å². The van der Waals surface area contributed by atoms with E-state index in [4.69, 9.17) is 11.6 Å². The van der Waals surface area contributed by atoms with Crippen molar-refractivity contribution in [1.82, 2.24) is 24.9 Å². The number of hydrogen-bond acceptors (Lipinski definition) is 5. The SMILES string of the molecule is Cc1ccc(-n2nc(C)c(C(=O)N3CCN(c4cccc(Cl)n4)CC3)n2)c(C)c1. The molecule has 0 bridgehead atoms. The van der Waals surface area contributed by atoms with Gasteiger partial charge in [0.1, 0.15) is 11.0 Å². The van der Waals surface area contributed by atoms with Crippen LogP contribution in [0.25, 0.3) is 5.69 Å². The van der Waals surface area contributed by atoms with Crippen molar-refractivity contribution in [3.63, 3.8) is 0 Å². The Balaban J connectivity index is 1.49. The van der Waals surface area contributed by atoms with Crippen LogP contribution in [0.5, 0.6) is 0 Å². The Hall–Kier alpha value is -2.93. The van der Waals surface area contributed by atoms with Gasteiger partial charge < -0.3 is 9.80 Å². The Kier molecular flexibility index (Phi) is 5.24. The van der Waals surface area contributed by atoms with E-state index in [1.54, 1.807) is 10.9 Å². The number of hydrogen-bond donors (Lipinski definition) is 0. The lowest BCUT2D eigenvalue weighted by Crippen LogP contribution is -2.49. The van der Waals surface area contributed by atoms with E-state index < -0.39 is 0 Å². The quantitative estimate of drug-likeness (QED) is 0.620. The van der Waals surface area contributed by atoms with Gasteiger partial charge in [0.25, 0.3) is 5.91 Å². The highest BCUT2D eigenvalue weighted by Crippen LogP contribution is 2.19. The maximum atomic E-state index is 13.1.